The van der Waals surface area contributed by atoms with Gasteiger partial charge >= 0.3 is 104 Å². The number of aryl methyl sites for hydroxylation is 2. The van der Waals surface area contributed by atoms with Crippen molar-refractivity contribution in [3.8, 4) is 0 Å². The fourth-order valence-electron chi connectivity index (χ4n) is 1.82. The van der Waals surface area contributed by atoms with Gasteiger partial charge in [0.25, 0.3) is 0 Å². The van der Waals surface area contributed by atoms with Crippen LogP contribution >= 0.6 is 0 Å². The van der Waals surface area contributed by atoms with Crippen LogP contribution in [-0.2, 0) is 24.2 Å². The summed E-state index contributed by atoms with van der Waals surface area (Å²) in [4.78, 5) is 0. The Bertz CT molecular complexity index is 417. The molecular formula is C14H14Cd. The zero-order valence-corrected chi connectivity index (χ0v) is 13.4. The van der Waals surface area contributed by atoms with Gasteiger partial charge in [-0.05, 0) is 0 Å². The molecule has 0 amide bonds. The number of hydrogen-bond donors (Lipinski definition) is 0. The molecule has 0 spiro atoms. The maximum absolute atomic E-state index is 2.30. The van der Waals surface area contributed by atoms with E-state index in [1.54, 1.807) is 6.25 Å². The maximum atomic E-state index is 2.30. The van der Waals surface area contributed by atoms with Crippen molar-refractivity contribution in [2.75, 3.05) is 0 Å². The molecule has 0 heterocycles. The van der Waals surface area contributed by atoms with Gasteiger partial charge in [0.05, 0.1) is 0 Å². The third-order valence-electron chi connectivity index (χ3n) is 2.90. The van der Waals surface area contributed by atoms with Crippen LogP contribution in [0.3, 0.4) is 0 Å². The van der Waals surface area contributed by atoms with Crippen LogP contribution in [0.4, 0.5) is 0 Å². The molecule has 15 heavy (non-hydrogen) atoms. The van der Waals surface area contributed by atoms with E-state index in [-0.39, 0.29) is 0 Å². The van der Waals surface area contributed by atoms with Crippen LogP contribution in [-0.4, -0.2) is 0 Å². The van der Waals surface area contributed by atoms with Gasteiger partial charge in [-0.1, -0.05) is 0 Å². The molecule has 0 aliphatic carbocycles. The predicted molar refractivity (Wildman–Crippen MR) is 61.6 cm³/mol. The van der Waals surface area contributed by atoms with Crippen molar-refractivity contribution in [3.05, 3.63) is 59.7 Å². The standard InChI is InChI=1S/2C7H7.Cd/c2*1-7-5-3-2-4-6-7;/h2*2-5H,1H3;. The second-order valence-corrected chi connectivity index (χ2v) is 9.39. The first kappa shape index (κ1) is 10.9. The quantitative estimate of drug-likeness (QED) is 0.746. The summed E-state index contributed by atoms with van der Waals surface area (Å²) in [5.41, 5.74) is 2.94. The van der Waals surface area contributed by atoms with Gasteiger partial charge in [0.15, 0.2) is 0 Å². The molecule has 2 aromatic rings. The second-order valence-electron chi connectivity index (χ2n) is 4.03. The van der Waals surface area contributed by atoms with E-state index in [9.17, 15) is 0 Å². The molecule has 72 valence electrons. The monoisotopic (exact) mass is 296 g/mol. The van der Waals surface area contributed by atoms with E-state index in [2.05, 4.69) is 62.4 Å². The predicted octanol–water partition coefficient (Wildman–Crippen LogP) is 2.34. The summed E-state index contributed by atoms with van der Waals surface area (Å²) in [5, 5.41) is 0. The first-order chi connectivity index (χ1) is 7.27. The zero-order valence-electron chi connectivity index (χ0n) is 9.33. The summed E-state index contributed by atoms with van der Waals surface area (Å²) in [6, 6.07) is 17.6. The number of rotatable bonds is 2. The van der Waals surface area contributed by atoms with E-state index in [4.69, 9.17) is 0 Å². The van der Waals surface area contributed by atoms with Crippen LogP contribution < -0.4 is 6.25 Å². The molecule has 0 aromatic heterocycles. The molecule has 0 aliphatic heterocycles. The molecule has 1 heteroatoms. The molecule has 0 unspecified atom stereocenters. The van der Waals surface area contributed by atoms with E-state index in [0.717, 1.165) is 0 Å². The average Bonchev–Trinajstić information content (AvgIpc) is 2.24. The van der Waals surface area contributed by atoms with E-state index in [0.29, 0.717) is 0 Å². The van der Waals surface area contributed by atoms with Crippen LogP contribution in [0.1, 0.15) is 11.1 Å². The molecule has 0 nitrogen and oxygen atoms in total. The summed E-state index contributed by atoms with van der Waals surface area (Å²) in [6.07, 6.45) is 0. The molecule has 0 N–H and O–H groups in total. The van der Waals surface area contributed by atoms with Gasteiger partial charge in [0.1, 0.15) is 0 Å². The third-order valence-corrected chi connectivity index (χ3v) is 9.61. The Hall–Kier alpha value is -0.638. The average molecular weight is 295 g/mol. The molecule has 0 fully saturated rings. The fraction of sp³-hybridized carbons (Fsp3) is 0.143. The van der Waals surface area contributed by atoms with Gasteiger partial charge < -0.3 is 0 Å². The summed E-state index contributed by atoms with van der Waals surface area (Å²) in [5.74, 6) is 0. The minimum absolute atomic E-state index is 0.975. The summed E-state index contributed by atoms with van der Waals surface area (Å²) in [6.45, 7) is 4.45. The fourth-order valence-corrected chi connectivity index (χ4v) is 6.71. The topological polar surface area (TPSA) is 0 Å². The first-order valence-electron chi connectivity index (χ1n) is 5.36. The van der Waals surface area contributed by atoms with Gasteiger partial charge in [-0.15, -0.1) is 0 Å². The van der Waals surface area contributed by atoms with Gasteiger partial charge in [-0.3, -0.25) is 0 Å². The Morgan fingerprint density at radius 1 is 0.667 bits per heavy atom. The van der Waals surface area contributed by atoms with Gasteiger partial charge in [0.2, 0.25) is 0 Å². The van der Waals surface area contributed by atoms with Crippen molar-refractivity contribution in [2.24, 2.45) is 0 Å². The van der Waals surface area contributed by atoms with Crippen molar-refractivity contribution in [3.63, 3.8) is 0 Å². The molecule has 0 aliphatic rings. The van der Waals surface area contributed by atoms with Crippen LogP contribution in [0.2, 0.25) is 0 Å². The van der Waals surface area contributed by atoms with Crippen molar-refractivity contribution in [1.29, 1.82) is 0 Å². The van der Waals surface area contributed by atoms with Crippen molar-refractivity contribution >= 4 is 6.25 Å². The molecule has 2 rings (SSSR count). The van der Waals surface area contributed by atoms with Crippen LogP contribution in [0, 0.1) is 13.8 Å². The van der Waals surface area contributed by atoms with Crippen molar-refractivity contribution in [2.45, 2.75) is 13.8 Å². The third kappa shape index (κ3) is 2.68. The van der Waals surface area contributed by atoms with Gasteiger partial charge in [0, 0.05) is 0 Å². The number of benzene rings is 2. The first-order valence-corrected chi connectivity index (χ1v) is 9.40. The Morgan fingerprint density at radius 3 is 1.47 bits per heavy atom. The van der Waals surface area contributed by atoms with E-state index in [1.165, 1.54) is 11.1 Å². The molecule has 2 aromatic carbocycles. The number of hydrogen-bond acceptors (Lipinski definition) is 0. The van der Waals surface area contributed by atoms with E-state index < -0.39 is 24.2 Å². The Labute approximate surface area is 104 Å². The van der Waals surface area contributed by atoms with E-state index in [1.807, 2.05) is 0 Å². The molecular weight excluding hydrogens is 281 g/mol. The normalized spacial score (nSPS) is 9.73. The van der Waals surface area contributed by atoms with Crippen molar-refractivity contribution < 1.29 is 24.2 Å². The second kappa shape index (κ2) is 4.93. The molecule has 0 radical (unpaired) electrons. The molecule has 0 atom stereocenters. The molecule has 0 saturated carbocycles. The van der Waals surface area contributed by atoms with Gasteiger partial charge in [-0.2, -0.15) is 0 Å². The Kier molecular flexibility index (Phi) is 3.57. The summed E-state index contributed by atoms with van der Waals surface area (Å²) < 4.78 is 3.27. The Balaban J connectivity index is 2.30. The minimum atomic E-state index is -0.975. The zero-order chi connectivity index (χ0) is 10.7. The van der Waals surface area contributed by atoms with Crippen molar-refractivity contribution in [1.82, 2.24) is 0 Å². The summed E-state index contributed by atoms with van der Waals surface area (Å²) >= 11 is -0.975. The van der Waals surface area contributed by atoms with Crippen LogP contribution in [0.5, 0.6) is 0 Å². The SMILES string of the molecule is Cc1cccc[c]1[Cd][c]1ccccc1C. The Morgan fingerprint density at radius 2 is 1.07 bits per heavy atom. The van der Waals surface area contributed by atoms with Gasteiger partial charge in [-0.25, -0.2) is 0 Å². The van der Waals surface area contributed by atoms with E-state index >= 15 is 0 Å². The molecule has 0 saturated heterocycles. The van der Waals surface area contributed by atoms with Crippen LogP contribution in [0.25, 0.3) is 0 Å². The summed E-state index contributed by atoms with van der Waals surface area (Å²) in [7, 11) is 0. The molecule has 0 bridgehead atoms. The van der Waals surface area contributed by atoms with Crippen LogP contribution in [0.15, 0.2) is 48.5 Å².